The van der Waals surface area contributed by atoms with Crippen LogP contribution in [0.15, 0.2) is 53.7 Å². The van der Waals surface area contributed by atoms with Crippen LogP contribution in [0, 0.1) is 6.92 Å². The molecule has 2 N–H and O–H groups in total. The number of esters is 1. The molecule has 7 heteroatoms. The molecule has 0 fully saturated rings. The predicted molar refractivity (Wildman–Crippen MR) is 112 cm³/mol. The molecule has 1 unspecified atom stereocenters. The third-order valence-electron chi connectivity index (χ3n) is 4.77. The van der Waals surface area contributed by atoms with Crippen LogP contribution in [0.1, 0.15) is 36.6 Å². The van der Waals surface area contributed by atoms with Crippen LogP contribution in [0.5, 0.6) is 11.5 Å². The van der Waals surface area contributed by atoms with E-state index in [-0.39, 0.29) is 6.61 Å². The molecule has 2 aromatic rings. The Bertz CT molecular complexity index is 983. The number of para-hydroxylation sites is 1. The number of benzene rings is 2. The summed E-state index contributed by atoms with van der Waals surface area (Å²) in [6.45, 7) is 5.96. The molecule has 0 saturated heterocycles. The fraction of sp³-hybridized carbons (Fsp3) is 0.304. The van der Waals surface area contributed by atoms with E-state index in [1.165, 1.54) is 0 Å². The zero-order valence-corrected chi connectivity index (χ0v) is 17.6. The molecule has 1 atom stereocenters. The Balaban J connectivity index is 2.02. The maximum absolute atomic E-state index is 12.6. The smallest absolute Gasteiger partial charge is 0.338 e. The number of hydrogen-bond acceptors (Lipinski definition) is 5. The minimum absolute atomic E-state index is 0.227. The van der Waals surface area contributed by atoms with E-state index in [0.717, 1.165) is 11.1 Å². The molecule has 158 valence electrons. The molecule has 1 heterocycles. The summed E-state index contributed by atoms with van der Waals surface area (Å²) in [4.78, 5) is 24.8. The van der Waals surface area contributed by atoms with Crippen LogP contribution < -0.4 is 20.1 Å². The summed E-state index contributed by atoms with van der Waals surface area (Å²) in [7, 11) is 1.55. The Labute approximate surface area is 176 Å². The summed E-state index contributed by atoms with van der Waals surface area (Å²) in [5, 5.41) is 5.44. The molecule has 3 rings (SSSR count). The van der Waals surface area contributed by atoms with Crippen molar-refractivity contribution >= 4 is 12.0 Å². The normalized spacial score (nSPS) is 15.9. The van der Waals surface area contributed by atoms with Gasteiger partial charge < -0.3 is 24.8 Å². The SMILES string of the molecule is CCOC(=O)C1=C(C)NC(=O)NC1c1cccc(OC)c1OCc1cccc(C)c1. The number of hydrogen-bond donors (Lipinski definition) is 2. The van der Waals surface area contributed by atoms with Crippen LogP contribution in [0.2, 0.25) is 0 Å². The van der Waals surface area contributed by atoms with Crippen molar-refractivity contribution in [3.63, 3.8) is 0 Å². The molecule has 2 amide bonds. The molecule has 0 spiro atoms. The number of rotatable bonds is 7. The van der Waals surface area contributed by atoms with Gasteiger partial charge in [0.05, 0.1) is 25.3 Å². The van der Waals surface area contributed by atoms with Gasteiger partial charge in [-0.15, -0.1) is 0 Å². The lowest BCUT2D eigenvalue weighted by molar-refractivity contribution is -0.139. The Morgan fingerprint density at radius 3 is 2.60 bits per heavy atom. The quantitative estimate of drug-likeness (QED) is 0.679. The maximum atomic E-state index is 12.6. The van der Waals surface area contributed by atoms with Crippen molar-refractivity contribution in [3.05, 3.63) is 70.4 Å². The van der Waals surface area contributed by atoms with Gasteiger partial charge in [0.15, 0.2) is 11.5 Å². The molecule has 0 aliphatic carbocycles. The molecular weight excluding hydrogens is 384 g/mol. The van der Waals surface area contributed by atoms with Gasteiger partial charge in [0.2, 0.25) is 0 Å². The number of carbonyl (C=O) groups is 2. The lowest BCUT2D eigenvalue weighted by Crippen LogP contribution is -2.45. The highest BCUT2D eigenvalue weighted by Crippen LogP contribution is 2.39. The van der Waals surface area contributed by atoms with Crippen LogP contribution >= 0.6 is 0 Å². The summed E-state index contributed by atoms with van der Waals surface area (Å²) in [6.07, 6.45) is 0. The average Bonchev–Trinajstić information content (AvgIpc) is 2.71. The number of amides is 2. The Morgan fingerprint density at radius 1 is 1.13 bits per heavy atom. The van der Waals surface area contributed by atoms with E-state index < -0.39 is 18.0 Å². The zero-order chi connectivity index (χ0) is 21.7. The van der Waals surface area contributed by atoms with Crippen LogP contribution in [0.25, 0.3) is 0 Å². The van der Waals surface area contributed by atoms with E-state index in [1.54, 1.807) is 39.2 Å². The van der Waals surface area contributed by atoms with Gasteiger partial charge in [0, 0.05) is 11.3 Å². The summed E-state index contributed by atoms with van der Waals surface area (Å²) in [6, 6.07) is 12.2. The average molecular weight is 410 g/mol. The topological polar surface area (TPSA) is 85.9 Å². The molecule has 0 saturated carbocycles. The van der Waals surface area contributed by atoms with Crippen LogP contribution in [-0.4, -0.2) is 25.7 Å². The second kappa shape index (κ2) is 9.35. The van der Waals surface area contributed by atoms with E-state index in [1.807, 2.05) is 31.2 Å². The van der Waals surface area contributed by atoms with Crippen molar-refractivity contribution in [1.29, 1.82) is 0 Å². The number of ether oxygens (including phenoxy) is 3. The number of allylic oxidation sites excluding steroid dienone is 1. The van der Waals surface area contributed by atoms with Gasteiger partial charge in [0.1, 0.15) is 6.61 Å². The first-order chi connectivity index (χ1) is 14.4. The first kappa shape index (κ1) is 21.2. The molecule has 1 aliphatic rings. The van der Waals surface area contributed by atoms with Gasteiger partial charge in [0.25, 0.3) is 0 Å². The molecular formula is C23H26N2O5. The van der Waals surface area contributed by atoms with Crippen LogP contribution in [0.3, 0.4) is 0 Å². The van der Waals surface area contributed by atoms with E-state index in [2.05, 4.69) is 10.6 Å². The van der Waals surface area contributed by atoms with Crippen LogP contribution in [-0.2, 0) is 16.1 Å². The van der Waals surface area contributed by atoms with Crippen molar-refractivity contribution in [3.8, 4) is 11.5 Å². The fourth-order valence-electron chi connectivity index (χ4n) is 3.44. The van der Waals surface area contributed by atoms with Gasteiger partial charge in [-0.05, 0) is 32.4 Å². The first-order valence-electron chi connectivity index (χ1n) is 9.75. The fourth-order valence-corrected chi connectivity index (χ4v) is 3.44. The minimum atomic E-state index is -0.736. The Hall–Kier alpha value is -3.48. The molecule has 0 aromatic heterocycles. The van der Waals surface area contributed by atoms with Gasteiger partial charge in [-0.3, -0.25) is 0 Å². The summed E-state index contributed by atoms with van der Waals surface area (Å²) in [5.41, 5.74) is 3.50. The van der Waals surface area contributed by atoms with Gasteiger partial charge >= 0.3 is 12.0 Å². The second-order valence-electron chi connectivity index (χ2n) is 6.95. The van der Waals surface area contributed by atoms with Gasteiger partial charge in [-0.2, -0.15) is 0 Å². The highest BCUT2D eigenvalue weighted by Gasteiger charge is 2.34. The number of aryl methyl sites for hydroxylation is 1. The molecule has 30 heavy (non-hydrogen) atoms. The standard InChI is InChI=1S/C23H26N2O5/c1-5-29-22(26)19-15(3)24-23(27)25-20(19)17-10-7-11-18(28-4)21(17)30-13-16-9-6-8-14(2)12-16/h6-12,20H,5,13H2,1-4H3,(H2,24,25,27). The lowest BCUT2D eigenvalue weighted by atomic mass is 9.94. The molecule has 0 bridgehead atoms. The van der Waals surface area contributed by atoms with E-state index >= 15 is 0 Å². The van der Waals surface area contributed by atoms with Crippen molar-refractivity contribution in [2.24, 2.45) is 0 Å². The predicted octanol–water partition coefficient (Wildman–Crippen LogP) is 3.77. The summed E-state index contributed by atoms with van der Waals surface area (Å²) < 4.78 is 16.9. The summed E-state index contributed by atoms with van der Waals surface area (Å²) >= 11 is 0. The van der Waals surface area contributed by atoms with Crippen molar-refractivity contribution in [2.75, 3.05) is 13.7 Å². The zero-order valence-electron chi connectivity index (χ0n) is 17.6. The minimum Gasteiger partial charge on any atom is -0.493 e. The second-order valence-corrected chi connectivity index (χ2v) is 6.95. The molecule has 2 aromatic carbocycles. The third kappa shape index (κ3) is 4.56. The third-order valence-corrected chi connectivity index (χ3v) is 4.77. The molecule has 0 radical (unpaired) electrons. The lowest BCUT2D eigenvalue weighted by Gasteiger charge is -2.29. The summed E-state index contributed by atoms with van der Waals surface area (Å²) in [5.74, 6) is 0.469. The number of nitrogens with one attached hydrogen (secondary N) is 2. The Morgan fingerprint density at radius 2 is 1.90 bits per heavy atom. The van der Waals surface area contributed by atoms with Crippen molar-refractivity contribution in [1.82, 2.24) is 10.6 Å². The number of urea groups is 1. The molecule has 7 nitrogen and oxygen atoms in total. The van der Waals surface area contributed by atoms with E-state index in [0.29, 0.717) is 34.9 Å². The molecule has 1 aliphatic heterocycles. The largest absolute Gasteiger partial charge is 0.493 e. The highest BCUT2D eigenvalue weighted by molar-refractivity contribution is 5.95. The number of carbonyl (C=O) groups excluding carboxylic acids is 2. The van der Waals surface area contributed by atoms with E-state index in [9.17, 15) is 9.59 Å². The van der Waals surface area contributed by atoms with Crippen LogP contribution in [0.4, 0.5) is 4.79 Å². The maximum Gasteiger partial charge on any atom is 0.338 e. The van der Waals surface area contributed by atoms with Crippen molar-refractivity contribution < 1.29 is 23.8 Å². The number of methoxy groups -OCH3 is 1. The van der Waals surface area contributed by atoms with Crippen molar-refractivity contribution in [2.45, 2.75) is 33.4 Å². The van der Waals surface area contributed by atoms with E-state index in [4.69, 9.17) is 14.2 Å². The van der Waals surface area contributed by atoms with Gasteiger partial charge in [-0.1, -0.05) is 42.0 Å². The monoisotopic (exact) mass is 410 g/mol. The Kier molecular flexibility index (Phi) is 6.61. The first-order valence-corrected chi connectivity index (χ1v) is 9.75. The van der Waals surface area contributed by atoms with Gasteiger partial charge in [-0.25, -0.2) is 9.59 Å². The highest BCUT2D eigenvalue weighted by atomic mass is 16.5.